The molecule has 0 atom stereocenters. The molecule has 0 bridgehead atoms. The van der Waals surface area contributed by atoms with Gasteiger partial charge in [-0.25, -0.2) is 9.97 Å². The molecule has 0 fully saturated rings. The van der Waals surface area contributed by atoms with Crippen LogP contribution in [-0.4, -0.2) is 41.9 Å². The van der Waals surface area contributed by atoms with Crippen molar-refractivity contribution in [1.29, 1.82) is 0 Å². The van der Waals surface area contributed by atoms with Crippen molar-refractivity contribution in [2.45, 2.75) is 6.54 Å². The van der Waals surface area contributed by atoms with Crippen LogP contribution in [0.15, 0.2) is 47.5 Å². The van der Waals surface area contributed by atoms with Crippen LogP contribution in [0, 0.1) is 0 Å². The van der Waals surface area contributed by atoms with E-state index >= 15 is 0 Å². The van der Waals surface area contributed by atoms with Gasteiger partial charge >= 0.3 is 0 Å². The first-order chi connectivity index (χ1) is 13.8. The Morgan fingerprint density at radius 3 is 2.93 bits per heavy atom. The summed E-state index contributed by atoms with van der Waals surface area (Å²) in [6.45, 7) is 0.432. The Morgan fingerprint density at radius 1 is 1.11 bits per heavy atom. The third-order valence-electron chi connectivity index (χ3n) is 4.25. The topological polar surface area (TPSA) is 103 Å². The molecule has 0 unspecified atom stereocenters. The Hall–Kier alpha value is -3.66. The summed E-state index contributed by atoms with van der Waals surface area (Å²) < 4.78 is 6.94. The Kier molecular flexibility index (Phi) is 4.02. The number of hydrogen-bond acceptors (Lipinski definition) is 9. The van der Waals surface area contributed by atoms with Crippen LogP contribution in [-0.2, 0) is 6.54 Å². The third-order valence-corrected chi connectivity index (χ3v) is 4.83. The highest BCUT2D eigenvalue weighted by molar-refractivity contribution is 7.07. The normalized spacial score (nSPS) is 11.2. The predicted molar refractivity (Wildman–Crippen MR) is 105 cm³/mol. The molecule has 10 heteroatoms. The van der Waals surface area contributed by atoms with Crippen LogP contribution >= 0.6 is 11.3 Å². The van der Waals surface area contributed by atoms with Crippen molar-refractivity contribution in [2.24, 2.45) is 0 Å². The molecule has 0 saturated heterocycles. The first kappa shape index (κ1) is 16.5. The van der Waals surface area contributed by atoms with Crippen molar-refractivity contribution in [2.75, 3.05) is 12.4 Å². The monoisotopic (exact) mass is 390 g/mol. The van der Waals surface area contributed by atoms with E-state index in [1.54, 1.807) is 29.5 Å². The number of fused-ring (bicyclic) bond motifs is 2. The Morgan fingerprint density at radius 2 is 2.07 bits per heavy atom. The highest BCUT2D eigenvalue weighted by Gasteiger charge is 2.11. The van der Waals surface area contributed by atoms with E-state index in [1.807, 2.05) is 29.6 Å². The molecule has 5 rings (SSSR count). The van der Waals surface area contributed by atoms with Gasteiger partial charge in [0.15, 0.2) is 11.5 Å². The van der Waals surface area contributed by atoms with Crippen LogP contribution in [0.25, 0.3) is 28.1 Å². The molecule has 0 saturated carbocycles. The minimum absolute atomic E-state index is 0.432. The van der Waals surface area contributed by atoms with E-state index in [0.29, 0.717) is 23.8 Å². The van der Waals surface area contributed by atoms with Gasteiger partial charge in [-0.1, -0.05) is 0 Å². The summed E-state index contributed by atoms with van der Waals surface area (Å²) in [5, 5.41) is 18.4. The molecule has 5 heterocycles. The maximum atomic E-state index is 5.21. The number of nitrogens with zero attached hydrogens (tertiary/aromatic N) is 7. The predicted octanol–water partition coefficient (Wildman–Crippen LogP) is 2.81. The summed E-state index contributed by atoms with van der Waals surface area (Å²) in [5.74, 6) is 1.35. The molecule has 0 aliphatic carbocycles. The summed E-state index contributed by atoms with van der Waals surface area (Å²) >= 11 is 1.53. The second kappa shape index (κ2) is 6.82. The zero-order valence-corrected chi connectivity index (χ0v) is 15.6. The van der Waals surface area contributed by atoms with Crippen molar-refractivity contribution in [3.8, 4) is 17.1 Å². The fourth-order valence-corrected chi connectivity index (χ4v) is 3.41. The fraction of sp³-hybridized carbons (Fsp3) is 0.111. The molecule has 5 aromatic heterocycles. The molecule has 0 spiro atoms. The van der Waals surface area contributed by atoms with E-state index in [-0.39, 0.29) is 0 Å². The second-order valence-corrected chi connectivity index (χ2v) is 6.65. The molecule has 28 heavy (non-hydrogen) atoms. The van der Waals surface area contributed by atoms with E-state index < -0.39 is 0 Å². The highest BCUT2D eigenvalue weighted by atomic mass is 32.1. The van der Waals surface area contributed by atoms with Crippen LogP contribution < -0.4 is 10.1 Å². The van der Waals surface area contributed by atoms with Gasteiger partial charge in [-0.3, -0.25) is 4.98 Å². The number of hydrogen-bond donors (Lipinski definition) is 1. The smallest absolute Gasteiger partial charge is 0.178 e. The fourth-order valence-electron chi connectivity index (χ4n) is 2.86. The van der Waals surface area contributed by atoms with Gasteiger partial charge < -0.3 is 10.1 Å². The summed E-state index contributed by atoms with van der Waals surface area (Å²) in [7, 11) is 1.61. The lowest BCUT2D eigenvalue weighted by molar-refractivity contribution is 0.413. The molecule has 0 aliphatic rings. The molecule has 138 valence electrons. The largest absolute Gasteiger partial charge is 0.495 e. The first-order valence-corrected chi connectivity index (χ1v) is 9.38. The number of thiazole rings is 1. The summed E-state index contributed by atoms with van der Waals surface area (Å²) in [5.41, 5.74) is 6.42. The molecular weight excluding hydrogens is 376 g/mol. The Balaban J connectivity index is 1.46. The number of pyridine rings is 2. The number of aromatic nitrogens is 7. The lowest BCUT2D eigenvalue weighted by atomic mass is 10.2. The molecule has 5 aromatic rings. The van der Waals surface area contributed by atoms with Crippen LogP contribution in [0.5, 0.6) is 5.75 Å². The summed E-state index contributed by atoms with van der Waals surface area (Å²) in [4.78, 5) is 13.1. The van der Waals surface area contributed by atoms with Crippen LogP contribution in [0.1, 0.15) is 5.82 Å². The number of anilines is 1. The van der Waals surface area contributed by atoms with Gasteiger partial charge in [0.1, 0.15) is 22.7 Å². The van der Waals surface area contributed by atoms with Gasteiger partial charge in [0.25, 0.3) is 0 Å². The summed E-state index contributed by atoms with van der Waals surface area (Å²) in [6.07, 6.45) is 3.40. The van der Waals surface area contributed by atoms with E-state index in [1.165, 1.54) is 11.3 Å². The first-order valence-electron chi connectivity index (χ1n) is 8.44. The van der Waals surface area contributed by atoms with Gasteiger partial charge in [0.2, 0.25) is 0 Å². The maximum absolute atomic E-state index is 5.21. The van der Waals surface area contributed by atoms with E-state index in [0.717, 1.165) is 28.1 Å². The molecule has 0 aromatic carbocycles. The van der Waals surface area contributed by atoms with Crippen molar-refractivity contribution < 1.29 is 4.74 Å². The Bertz CT molecular complexity index is 1270. The zero-order chi connectivity index (χ0) is 18.9. The molecule has 9 nitrogen and oxygen atoms in total. The highest BCUT2D eigenvalue weighted by Crippen LogP contribution is 2.23. The van der Waals surface area contributed by atoms with Crippen molar-refractivity contribution in [3.63, 3.8) is 0 Å². The third kappa shape index (κ3) is 2.89. The minimum atomic E-state index is 0.432. The van der Waals surface area contributed by atoms with Gasteiger partial charge in [-0.15, -0.1) is 21.5 Å². The average molecular weight is 390 g/mol. The molecule has 0 aliphatic heterocycles. The quantitative estimate of drug-likeness (QED) is 0.489. The number of methoxy groups -OCH3 is 1. The number of rotatable bonds is 5. The van der Waals surface area contributed by atoms with Crippen molar-refractivity contribution in [1.82, 2.24) is 34.8 Å². The van der Waals surface area contributed by atoms with E-state index in [2.05, 4.69) is 35.6 Å². The average Bonchev–Trinajstić information content (AvgIpc) is 3.41. The number of nitrogens with one attached hydrogen (secondary N) is 1. The molecule has 1 N–H and O–H groups in total. The minimum Gasteiger partial charge on any atom is -0.495 e. The van der Waals surface area contributed by atoms with Gasteiger partial charge in [0, 0.05) is 17.6 Å². The van der Waals surface area contributed by atoms with Crippen LogP contribution in [0.3, 0.4) is 0 Å². The Labute approximate surface area is 163 Å². The molecular formula is C18H14N8OS. The number of ether oxygens (including phenoxy) is 1. The maximum Gasteiger partial charge on any atom is 0.178 e. The second-order valence-electron chi connectivity index (χ2n) is 5.93. The van der Waals surface area contributed by atoms with Gasteiger partial charge in [-0.2, -0.15) is 9.61 Å². The van der Waals surface area contributed by atoms with E-state index in [9.17, 15) is 0 Å². The van der Waals surface area contributed by atoms with Crippen LogP contribution in [0.2, 0.25) is 0 Å². The lowest BCUT2D eigenvalue weighted by Crippen LogP contribution is -2.07. The lowest BCUT2D eigenvalue weighted by Gasteiger charge is -2.08. The van der Waals surface area contributed by atoms with Crippen molar-refractivity contribution >= 4 is 33.7 Å². The molecule has 0 amide bonds. The van der Waals surface area contributed by atoms with Gasteiger partial charge in [-0.05, 0) is 18.2 Å². The SMILES string of the molecule is COc1cnc2c(NCc3nnc4ccc(-c5cscn5)nn34)ccnc2c1. The standard InChI is InChI=1S/C18H14N8OS/c1-27-11-6-14-18(21-7-11)13(4-5-19-14)20-8-17-24-23-16-3-2-12(25-26(16)17)15-9-28-10-22-15/h2-7,9-10H,8H2,1H3,(H,19,20). The summed E-state index contributed by atoms with van der Waals surface area (Å²) in [6, 6.07) is 7.50. The van der Waals surface area contributed by atoms with Crippen LogP contribution in [0.4, 0.5) is 5.69 Å². The van der Waals surface area contributed by atoms with Crippen molar-refractivity contribution in [3.05, 3.63) is 53.4 Å². The van der Waals surface area contributed by atoms with Gasteiger partial charge in [0.05, 0.1) is 36.6 Å². The zero-order valence-electron chi connectivity index (χ0n) is 14.8. The van der Waals surface area contributed by atoms with E-state index in [4.69, 9.17) is 4.74 Å². The molecule has 0 radical (unpaired) electrons.